The maximum atomic E-state index is 12.4. The number of carbonyl (C=O) groups is 2. The molecule has 0 aliphatic carbocycles. The van der Waals surface area contributed by atoms with Gasteiger partial charge in [-0.15, -0.1) is 0 Å². The molecule has 148 valence electrons. The average molecular weight is 384 g/mol. The van der Waals surface area contributed by atoms with Crippen molar-refractivity contribution in [1.29, 1.82) is 0 Å². The zero-order chi connectivity index (χ0) is 20.1. The number of hydrogen-bond donors (Lipinski definition) is 2. The number of amides is 2. The Hall–Kier alpha value is -3.16. The number of hydrogen-bond acceptors (Lipinski definition) is 5. The van der Waals surface area contributed by atoms with E-state index in [1.165, 1.54) is 12.1 Å². The van der Waals surface area contributed by atoms with E-state index in [1.807, 2.05) is 32.0 Å². The van der Waals surface area contributed by atoms with E-state index in [0.717, 1.165) is 16.9 Å². The summed E-state index contributed by atoms with van der Waals surface area (Å²) in [7, 11) is 0. The van der Waals surface area contributed by atoms with Crippen molar-refractivity contribution in [2.45, 2.75) is 32.7 Å². The highest BCUT2D eigenvalue weighted by atomic mass is 16.5. The second-order valence-corrected chi connectivity index (χ2v) is 6.99. The number of ether oxygens (including phenoxy) is 1. The predicted molar refractivity (Wildman–Crippen MR) is 103 cm³/mol. The molecule has 1 aliphatic heterocycles. The fourth-order valence-corrected chi connectivity index (χ4v) is 3.20. The number of rotatable bonds is 5. The topological polar surface area (TPSA) is 104 Å². The van der Waals surface area contributed by atoms with Crippen molar-refractivity contribution in [1.82, 2.24) is 20.4 Å². The number of nitrogens with one attached hydrogen (secondary N) is 2. The minimum absolute atomic E-state index is 0.00221. The van der Waals surface area contributed by atoms with E-state index in [1.54, 1.807) is 4.90 Å². The molecule has 0 atom stereocenters. The average Bonchev–Trinajstić information content (AvgIpc) is 2.68. The van der Waals surface area contributed by atoms with Gasteiger partial charge in [0.05, 0.1) is 0 Å². The molecule has 2 aromatic rings. The van der Waals surface area contributed by atoms with Crippen LogP contribution < -0.4 is 15.6 Å². The zero-order valence-electron chi connectivity index (χ0n) is 16.0. The molecular weight excluding hydrogens is 360 g/mol. The van der Waals surface area contributed by atoms with E-state index in [9.17, 15) is 14.4 Å². The van der Waals surface area contributed by atoms with Crippen molar-refractivity contribution in [2.24, 2.45) is 0 Å². The first kappa shape index (κ1) is 19.6. The molecular formula is C20H24N4O4. The molecule has 8 nitrogen and oxygen atoms in total. The van der Waals surface area contributed by atoms with Crippen LogP contribution in [0.2, 0.25) is 0 Å². The third kappa shape index (κ3) is 4.97. The van der Waals surface area contributed by atoms with E-state index in [-0.39, 0.29) is 35.7 Å². The first-order valence-corrected chi connectivity index (χ1v) is 9.27. The highest BCUT2D eigenvalue weighted by Crippen LogP contribution is 2.19. The summed E-state index contributed by atoms with van der Waals surface area (Å²) in [6.45, 7) is 5.08. The molecule has 2 heterocycles. The van der Waals surface area contributed by atoms with Crippen LogP contribution in [0.4, 0.5) is 0 Å². The molecule has 1 fully saturated rings. The lowest BCUT2D eigenvalue weighted by molar-refractivity contribution is -0.134. The van der Waals surface area contributed by atoms with Gasteiger partial charge in [-0.05, 0) is 44.4 Å². The lowest BCUT2D eigenvalue weighted by atomic mass is 10.0. The number of nitrogens with zero attached hydrogens (tertiary/aromatic N) is 2. The van der Waals surface area contributed by atoms with Gasteiger partial charge >= 0.3 is 0 Å². The normalized spacial score (nSPS) is 14.6. The van der Waals surface area contributed by atoms with Crippen molar-refractivity contribution in [3.05, 3.63) is 57.5 Å². The van der Waals surface area contributed by atoms with Crippen LogP contribution in [0.25, 0.3) is 0 Å². The second kappa shape index (κ2) is 8.69. The molecule has 1 aliphatic rings. The SMILES string of the molecule is Cc1ccc(OCC(=O)N2CCC(NC(=O)c3ccc(=O)[nH]n3)CC2)c(C)c1. The molecule has 1 aromatic heterocycles. The Morgan fingerprint density at radius 3 is 2.61 bits per heavy atom. The molecule has 1 saturated heterocycles. The van der Waals surface area contributed by atoms with Crippen LogP contribution in [0.5, 0.6) is 5.75 Å². The van der Waals surface area contributed by atoms with Crippen LogP contribution in [0.15, 0.2) is 35.1 Å². The standard InChI is InChI=1S/C20H24N4O4/c1-13-3-5-17(14(2)11-13)28-12-19(26)24-9-7-15(8-10-24)21-20(27)16-4-6-18(25)23-22-16/h3-6,11,15H,7-10,12H2,1-2H3,(H,21,27)(H,23,25). The van der Waals surface area contributed by atoms with Crippen molar-refractivity contribution < 1.29 is 14.3 Å². The molecule has 0 saturated carbocycles. The summed E-state index contributed by atoms with van der Waals surface area (Å²) < 4.78 is 5.67. The summed E-state index contributed by atoms with van der Waals surface area (Å²) in [5.74, 6) is 0.320. The maximum absolute atomic E-state index is 12.4. The number of H-pyrrole nitrogens is 1. The lowest BCUT2D eigenvalue weighted by Gasteiger charge is -2.32. The summed E-state index contributed by atoms with van der Waals surface area (Å²) in [6.07, 6.45) is 1.31. The second-order valence-electron chi connectivity index (χ2n) is 6.99. The quantitative estimate of drug-likeness (QED) is 0.806. The third-order valence-electron chi connectivity index (χ3n) is 4.78. The van der Waals surface area contributed by atoms with Crippen molar-refractivity contribution >= 4 is 11.8 Å². The van der Waals surface area contributed by atoms with Gasteiger partial charge in [-0.2, -0.15) is 5.10 Å². The zero-order valence-corrected chi connectivity index (χ0v) is 16.0. The molecule has 2 N–H and O–H groups in total. The van der Waals surface area contributed by atoms with E-state index in [0.29, 0.717) is 25.9 Å². The predicted octanol–water partition coefficient (Wildman–Crippen LogP) is 1.19. The summed E-state index contributed by atoms with van der Waals surface area (Å²) in [4.78, 5) is 37.3. The molecule has 0 unspecified atom stereocenters. The van der Waals surface area contributed by atoms with E-state index in [4.69, 9.17) is 4.74 Å². The number of aromatic amines is 1. The monoisotopic (exact) mass is 384 g/mol. The van der Waals surface area contributed by atoms with Gasteiger partial charge in [-0.25, -0.2) is 5.10 Å². The highest BCUT2D eigenvalue weighted by Gasteiger charge is 2.24. The van der Waals surface area contributed by atoms with E-state index in [2.05, 4.69) is 15.5 Å². The number of benzene rings is 1. The fraction of sp³-hybridized carbons (Fsp3) is 0.400. The Balaban J connectivity index is 1.45. The number of carbonyl (C=O) groups excluding carboxylic acids is 2. The summed E-state index contributed by atoms with van der Waals surface area (Å²) in [5.41, 5.74) is 1.97. The minimum atomic E-state index is -0.355. The van der Waals surface area contributed by atoms with Crippen molar-refractivity contribution in [3.63, 3.8) is 0 Å². The van der Waals surface area contributed by atoms with Gasteiger partial charge in [0.15, 0.2) is 6.61 Å². The lowest BCUT2D eigenvalue weighted by Crippen LogP contribution is -2.47. The summed E-state index contributed by atoms with van der Waals surface area (Å²) >= 11 is 0. The van der Waals surface area contributed by atoms with Gasteiger partial charge in [-0.1, -0.05) is 17.7 Å². The first-order chi connectivity index (χ1) is 13.4. The number of aromatic nitrogens is 2. The molecule has 3 rings (SSSR count). The molecule has 0 bridgehead atoms. The smallest absolute Gasteiger partial charge is 0.271 e. The van der Waals surface area contributed by atoms with Gasteiger partial charge in [0.1, 0.15) is 11.4 Å². The van der Waals surface area contributed by atoms with Crippen LogP contribution in [-0.4, -0.2) is 52.6 Å². The molecule has 0 spiro atoms. The van der Waals surface area contributed by atoms with Gasteiger partial charge < -0.3 is 15.0 Å². The van der Waals surface area contributed by atoms with Gasteiger partial charge in [-0.3, -0.25) is 14.4 Å². The van der Waals surface area contributed by atoms with Gasteiger partial charge in [0, 0.05) is 25.2 Å². The van der Waals surface area contributed by atoms with E-state index < -0.39 is 0 Å². The summed E-state index contributed by atoms with van der Waals surface area (Å²) in [6, 6.07) is 8.47. The summed E-state index contributed by atoms with van der Waals surface area (Å²) in [5, 5.41) is 8.86. The van der Waals surface area contributed by atoms with Gasteiger partial charge in [0.25, 0.3) is 17.4 Å². The third-order valence-corrected chi connectivity index (χ3v) is 4.78. The molecule has 0 radical (unpaired) electrons. The Bertz CT molecular complexity index is 896. The fourth-order valence-electron chi connectivity index (χ4n) is 3.20. The van der Waals surface area contributed by atoms with Gasteiger partial charge in [0.2, 0.25) is 0 Å². The van der Waals surface area contributed by atoms with Crippen molar-refractivity contribution in [3.8, 4) is 5.75 Å². The Kier molecular flexibility index (Phi) is 6.08. The molecule has 28 heavy (non-hydrogen) atoms. The Morgan fingerprint density at radius 1 is 1.21 bits per heavy atom. The van der Waals surface area contributed by atoms with Crippen LogP contribution >= 0.6 is 0 Å². The Labute approximate surface area is 162 Å². The minimum Gasteiger partial charge on any atom is -0.484 e. The van der Waals surface area contributed by atoms with Crippen LogP contribution in [-0.2, 0) is 4.79 Å². The number of aryl methyl sites for hydroxylation is 2. The molecule has 8 heteroatoms. The first-order valence-electron chi connectivity index (χ1n) is 9.27. The number of likely N-dealkylation sites (tertiary alicyclic amines) is 1. The largest absolute Gasteiger partial charge is 0.484 e. The molecule has 1 aromatic carbocycles. The van der Waals surface area contributed by atoms with Crippen LogP contribution in [0, 0.1) is 13.8 Å². The van der Waals surface area contributed by atoms with Crippen LogP contribution in [0.1, 0.15) is 34.5 Å². The van der Waals surface area contributed by atoms with Crippen molar-refractivity contribution in [2.75, 3.05) is 19.7 Å². The van der Waals surface area contributed by atoms with Crippen LogP contribution in [0.3, 0.4) is 0 Å². The number of piperidine rings is 1. The highest BCUT2D eigenvalue weighted by molar-refractivity contribution is 5.92. The van der Waals surface area contributed by atoms with E-state index >= 15 is 0 Å². The molecule has 2 amide bonds. The maximum Gasteiger partial charge on any atom is 0.271 e. The Morgan fingerprint density at radius 2 is 1.96 bits per heavy atom.